The molecule has 0 unspecified atom stereocenters. The zero-order valence-corrected chi connectivity index (χ0v) is 28.8. The van der Waals surface area contributed by atoms with Crippen LogP contribution in [0, 0.1) is 30.1 Å². The minimum atomic E-state index is -0.510. The second kappa shape index (κ2) is 18.2. The number of carbonyl (C=O) groups is 2. The standard InChI is InChI=1S/C31H43N13O3S2/c1-16-9-21(32)25(48-7-4-41-30(36)37)23(11-16)43-27(45)18-13-19(15-20(14-18)47-6-3-40-29(34)35)28(46)44-24-12-17(2)10-22(33)26(24)49-8-5-42-31(38)39/h9-15H,3-8,32-33H2,1-2H3,(H,43,45)(H,44,46)(H4,34,35,40)(H4,36,37,41)(H4,38,39,42). The Morgan fingerprint density at radius 2 is 1.06 bits per heavy atom. The molecule has 18 N–H and O–H groups in total. The Morgan fingerprint density at radius 1 is 0.653 bits per heavy atom. The molecule has 0 saturated carbocycles. The first kappa shape index (κ1) is 38.0. The van der Waals surface area contributed by atoms with Gasteiger partial charge in [0, 0.05) is 47.1 Å². The van der Waals surface area contributed by atoms with Crippen LogP contribution in [0.5, 0.6) is 5.75 Å². The SMILES string of the molecule is Cc1cc(N)c(SCCNC(=N)N)c(NC(=O)c2cc(OCCNC(=N)N)cc(C(=O)Nc3cc(C)cc(N)c3SCCNC(=N)N)c2)c1. The highest BCUT2D eigenvalue weighted by Crippen LogP contribution is 2.36. The van der Waals surface area contributed by atoms with Crippen molar-refractivity contribution in [2.24, 2.45) is 17.2 Å². The van der Waals surface area contributed by atoms with E-state index in [1.165, 1.54) is 41.7 Å². The summed E-state index contributed by atoms with van der Waals surface area (Å²) in [5, 5.41) is 36.0. The van der Waals surface area contributed by atoms with Gasteiger partial charge in [-0.1, -0.05) is 0 Å². The molecule has 3 rings (SSSR count). The number of nitrogens with two attached hydrogens (primary N) is 5. The number of nitrogen functional groups attached to an aromatic ring is 2. The van der Waals surface area contributed by atoms with E-state index in [0.717, 1.165) is 11.1 Å². The molecule has 0 heterocycles. The van der Waals surface area contributed by atoms with Gasteiger partial charge in [0.05, 0.1) is 27.7 Å². The van der Waals surface area contributed by atoms with Crippen molar-refractivity contribution in [2.75, 3.05) is 59.8 Å². The summed E-state index contributed by atoms with van der Waals surface area (Å²) < 4.78 is 5.84. The Hall–Kier alpha value is -5.49. The van der Waals surface area contributed by atoms with Crippen molar-refractivity contribution in [3.05, 3.63) is 64.7 Å². The van der Waals surface area contributed by atoms with E-state index >= 15 is 0 Å². The van der Waals surface area contributed by atoms with Crippen molar-refractivity contribution in [1.82, 2.24) is 16.0 Å². The van der Waals surface area contributed by atoms with E-state index in [1.807, 2.05) is 13.8 Å². The third-order valence-electron chi connectivity index (χ3n) is 6.47. The maximum atomic E-state index is 13.7. The molecule has 16 nitrogen and oxygen atoms in total. The maximum Gasteiger partial charge on any atom is 0.255 e. The second-order valence-electron chi connectivity index (χ2n) is 10.7. The number of ether oxygens (including phenoxy) is 1. The average molecular weight is 710 g/mol. The molecule has 0 spiro atoms. The van der Waals surface area contributed by atoms with Crippen LogP contribution in [0.2, 0.25) is 0 Å². The summed E-state index contributed by atoms with van der Waals surface area (Å²) >= 11 is 2.78. The first-order valence-electron chi connectivity index (χ1n) is 14.9. The highest BCUT2D eigenvalue weighted by atomic mass is 32.2. The monoisotopic (exact) mass is 709 g/mol. The van der Waals surface area contributed by atoms with E-state index in [-0.39, 0.29) is 47.9 Å². The van der Waals surface area contributed by atoms with Crippen molar-refractivity contribution >= 4 is 76.0 Å². The summed E-state index contributed by atoms with van der Waals surface area (Å²) in [6.45, 7) is 4.86. The molecule has 3 aromatic carbocycles. The molecule has 0 radical (unpaired) electrons. The minimum Gasteiger partial charge on any atom is -0.492 e. The molecule has 0 aliphatic rings. The Balaban J connectivity index is 1.92. The molecular weight excluding hydrogens is 667 g/mol. The van der Waals surface area contributed by atoms with Gasteiger partial charge in [-0.2, -0.15) is 0 Å². The molecule has 0 saturated heterocycles. The predicted octanol–water partition coefficient (Wildman–Crippen LogP) is 1.98. The van der Waals surface area contributed by atoms with Gasteiger partial charge in [-0.3, -0.25) is 25.8 Å². The highest BCUT2D eigenvalue weighted by Gasteiger charge is 2.19. The van der Waals surface area contributed by atoms with Gasteiger partial charge in [-0.15, -0.1) is 23.5 Å². The van der Waals surface area contributed by atoms with Gasteiger partial charge in [0.25, 0.3) is 11.8 Å². The summed E-state index contributed by atoms with van der Waals surface area (Å²) in [7, 11) is 0. The smallest absolute Gasteiger partial charge is 0.255 e. The van der Waals surface area contributed by atoms with Crippen molar-refractivity contribution < 1.29 is 14.3 Å². The van der Waals surface area contributed by atoms with E-state index in [4.69, 9.17) is 49.6 Å². The zero-order chi connectivity index (χ0) is 36.1. The maximum absolute atomic E-state index is 13.7. The quantitative estimate of drug-likeness (QED) is 0.0333. The minimum absolute atomic E-state index is 0.0959. The largest absolute Gasteiger partial charge is 0.492 e. The summed E-state index contributed by atoms with van der Waals surface area (Å²) in [4.78, 5) is 28.8. The van der Waals surface area contributed by atoms with Crippen molar-refractivity contribution in [3.8, 4) is 5.75 Å². The average Bonchev–Trinajstić information content (AvgIpc) is 3.01. The molecule has 3 aromatic rings. The predicted molar refractivity (Wildman–Crippen MR) is 200 cm³/mol. The van der Waals surface area contributed by atoms with Gasteiger partial charge < -0.3 is 60.0 Å². The lowest BCUT2D eigenvalue weighted by molar-refractivity contribution is 0.102. The summed E-state index contributed by atoms with van der Waals surface area (Å²) in [6.07, 6.45) is 0. The fraction of sp³-hybridized carbons (Fsp3) is 0.258. The van der Waals surface area contributed by atoms with E-state index in [2.05, 4.69) is 26.6 Å². The Morgan fingerprint density at radius 3 is 1.47 bits per heavy atom. The zero-order valence-electron chi connectivity index (χ0n) is 27.2. The number of hydrogen-bond acceptors (Lipinski definition) is 10. The Bertz CT molecular complexity index is 1610. The van der Waals surface area contributed by atoms with Crippen LogP contribution in [0.4, 0.5) is 22.7 Å². The molecule has 49 heavy (non-hydrogen) atoms. The van der Waals surface area contributed by atoms with E-state index in [9.17, 15) is 9.59 Å². The number of carbonyl (C=O) groups excluding carboxylic acids is 2. The molecule has 0 bridgehead atoms. The summed E-state index contributed by atoms with van der Waals surface area (Å²) in [6, 6.07) is 11.7. The molecule has 0 atom stereocenters. The fourth-order valence-electron chi connectivity index (χ4n) is 4.48. The number of rotatable bonds is 16. The molecule has 262 valence electrons. The number of thioether (sulfide) groups is 2. The molecule has 0 aromatic heterocycles. The number of guanidine groups is 3. The lowest BCUT2D eigenvalue weighted by Gasteiger charge is -2.17. The number of nitrogens with one attached hydrogen (secondary N) is 8. The van der Waals surface area contributed by atoms with Gasteiger partial charge in [0.2, 0.25) is 0 Å². The molecule has 2 amide bonds. The van der Waals surface area contributed by atoms with Gasteiger partial charge in [0.15, 0.2) is 17.9 Å². The van der Waals surface area contributed by atoms with Crippen molar-refractivity contribution in [2.45, 2.75) is 23.6 Å². The van der Waals surface area contributed by atoms with E-state index < -0.39 is 11.8 Å². The number of amides is 2. The molecule has 0 aliphatic carbocycles. The first-order chi connectivity index (χ1) is 23.2. The summed E-state index contributed by atoms with van der Waals surface area (Å²) in [5.41, 5.74) is 32.6. The van der Waals surface area contributed by atoms with Crippen LogP contribution < -0.4 is 60.0 Å². The van der Waals surface area contributed by atoms with E-state index in [1.54, 1.807) is 24.3 Å². The molecule has 0 aliphatic heterocycles. The third kappa shape index (κ3) is 12.2. The lowest BCUT2D eigenvalue weighted by atomic mass is 10.1. The van der Waals surface area contributed by atoms with E-state index in [0.29, 0.717) is 57.1 Å². The first-order valence-corrected chi connectivity index (χ1v) is 16.9. The van der Waals surface area contributed by atoms with Crippen LogP contribution >= 0.6 is 23.5 Å². The van der Waals surface area contributed by atoms with Gasteiger partial charge in [-0.05, 0) is 67.4 Å². The van der Waals surface area contributed by atoms with Crippen LogP contribution in [0.15, 0.2) is 52.3 Å². The number of hydrogen-bond donors (Lipinski definition) is 13. The topological polar surface area (TPSA) is 305 Å². The van der Waals surface area contributed by atoms with Crippen LogP contribution in [-0.4, -0.2) is 67.4 Å². The van der Waals surface area contributed by atoms with Crippen LogP contribution in [0.1, 0.15) is 31.8 Å². The van der Waals surface area contributed by atoms with Gasteiger partial charge in [-0.25, -0.2) is 0 Å². The Labute approximate surface area is 292 Å². The van der Waals surface area contributed by atoms with Crippen molar-refractivity contribution in [1.29, 1.82) is 16.2 Å². The lowest BCUT2D eigenvalue weighted by Crippen LogP contribution is -2.33. The summed E-state index contributed by atoms with van der Waals surface area (Å²) in [5.74, 6) is -0.244. The molecular formula is C31H43N13O3S2. The number of benzene rings is 3. The van der Waals surface area contributed by atoms with Crippen LogP contribution in [0.25, 0.3) is 0 Å². The Kier molecular flexibility index (Phi) is 14.1. The van der Waals surface area contributed by atoms with Crippen molar-refractivity contribution in [3.63, 3.8) is 0 Å². The highest BCUT2D eigenvalue weighted by molar-refractivity contribution is 7.99. The normalized spacial score (nSPS) is 10.5. The third-order valence-corrected chi connectivity index (χ3v) is 8.77. The van der Waals surface area contributed by atoms with Gasteiger partial charge >= 0.3 is 0 Å². The second-order valence-corrected chi connectivity index (χ2v) is 12.9. The number of aryl methyl sites for hydroxylation is 2. The van der Waals surface area contributed by atoms with Crippen LogP contribution in [-0.2, 0) is 0 Å². The number of anilines is 4. The molecule has 0 fully saturated rings. The molecule has 18 heteroatoms. The van der Waals surface area contributed by atoms with Crippen LogP contribution in [0.3, 0.4) is 0 Å². The fourth-order valence-corrected chi connectivity index (χ4v) is 6.27. The van der Waals surface area contributed by atoms with Gasteiger partial charge in [0.1, 0.15) is 12.4 Å².